The van der Waals surface area contributed by atoms with Gasteiger partial charge in [0.2, 0.25) is 0 Å². The fourth-order valence-corrected chi connectivity index (χ4v) is 3.92. The molecule has 0 saturated heterocycles. The van der Waals surface area contributed by atoms with Crippen LogP contribution in [0.3, 0.4) is 0 Å². The van der Waals surface area contributed by atoms with Crippen molar-refractivity contribution in [1.82, 2.24) is 5.32 Å². The molecule has 21 heavy (non-hydrogen) atoms. The lowest BCUT2D eigenvalue weighted by atomic mass is 9.68. The van der Waals surface area contributed by atoms with Gasteiger partial charge in [-0.05, 0) is 61.5 Å². The summed E-state index contributed by atoms with van der Waals surface area (Å²) in [5.74, 6) is 1.76. The first-order valence-electron chi connectivity index (χ1n) is 8.78. The fraction of sp³-hybridized carbons (Fsp3) is 0.700. The first-order valence-corrected chi connectivity index (χ1v) is 8.78. The van der Waals surface area contributed by atoms with Gasteiger partial charge in [-0.1, -0.05) is 58.0 Å². The number of nitrogens with one attached hydrogen (secondary N) is 1. The molecule has 1 aromatic carbocycles. The summed E-state index contributed by atoms with van der Waals surface area (Å²) in [6.07, 6.45) is 6.79. The molecule has 1 unspecified atom stereocenters. The maximum Gasteiger partial charge on any atom is 0.0136 e. The van der Waals surface area contributed by atoms with Crippen LogP contribution in [-0.2, 0) is 6.42 Å². The zero-order chi connectivity index (χ0) is 15.3. The number of hydrogen-bond donors (Lipinski definition) is 1. The van der Waals surface area contributed by atoms with Gasteiger partial charge in [-0.15, -0.1) is 0 Å². The van der Waals surface area contributed by atoms with Crippen LogP contribution >= 0.6 is 0 Å². The van der Waals surface area contributed by atoms with Crippen LogP contribution < -0.4 is 5.32 Å². The lowest BCUT2D eigenvalue weighted by Gasteiger charge is -2.39. The van der Waals surface area contributed by atoms with Gasteiger partial charge < -0.3 is 5.32 Å². The molecular weight excluding hydrogens is 254 g/mol. The molecule has 0 radical (unpaired) electrons. The van der Waals surface area contributed by atoms with Gasteiger partial charge in [0.1, 0.15) is 0 Å². The third kappa shape index (κ3) is 4.85. The normalized spacial score (nSPS) is 24.8. The summed E-state index contributed by atoms with van der Waals surface area (Å²) < 4.78 is 0. The van der Waals surface area contributed by atoms with E-state index >= 15 is 0 Å². The van der Waals surface area contributed by atoms with Crippen LogP contribution in [0, 0.1) is 17.3 Å². The largest absolute Gasteiger partial charge is 0.314 e. The molecular formula is C20H33N. The third-order valence-electron chi connectivity index (χ3n) is 5.33. The zero-order valence-electron chi connectivity index (χ0n) is 14.4. The molecule has 1 fully saturated rings. The van der Waals surface area contributed by atoms with Crippen LogP contribution in [0.5, 0.6) is 0 Å². The highest BCUT2D eigenvalue weighted by atomic mass is 14.9. The topological polar surface area (TPSA) is 12.0 Å². The number of hydrogen-bond acceptors (Lipinski definition) is 1. The molecule has 1 N–H and O–H groups in total. The molecule has 1 aliphatic rings. The molecule has 1 heteroatoms. The Kier molecular flexibility index (Phi) is 5.87. The van der Waals surface area contributed by atoms with E-state index in [9.17, 15) is 0 Å². The van der Waals surface area contributed by atoms with E-state index in [4.69, 9.17) is 0 Å². The van der Waals surface area contributed by atoms with Crippen LogP contribution in [0.25, 0.3) is 0 Å². The molecule has 118 valence electrons. The van der Waals surface area contributed by atoms with Crippen LogP contribution in [0.4, 0.5) is 0 Å². The summed E-state index contributed by atoms with van der Waals surface area (Å²) in [5, 5.41) is 3.75. The Morgan fingerprint density at radius 1 is 1.05 bits per heavy atom. The third-order valence-corrected chi connectivity index (χ3v) is 5.33. The van der Waals surface area contributed by atoms with Crippen molar-refractivity contribution < 1.29 is 0 Å². The Bertz CT molecular complexity index is 396. The van der Waals surface area contributed by atoms with Crippen molar-refractivity contribution in [3.8, 4) is 0 Å². The molecule has 1 atom stereocenters. The summed E-state index contributed by atoms with van der Waals surface area (Å²) in [7, 11) is 0. The maximum absolute atomic E-state index is 3.75. The number of rotatable bonds is 5. The molecule has 1 aromatic rings. The summed E-state index contributed by atoms with van der Waals surface area (Å²) >= 11 is 0. The SMILES string of the molecule is CCNC(Cc1ccccc1)C1CCC(C(C)(C)C)CC1. The monoisotopic (exact) mass is 287 g/mol. The van der Waals surface area contributed by atoms with Gasteiger partial charge in [-0.25, -0.2) is 0 Å². The van der Waals surface area contributed by atoms with Crippen molar-refractivity contribution in [1.29, 1.82) is 0 Å². The highest BCUT2D eigenvalue weighted by Gasteiger charge is 2.32. The van der Waals surface area contributed by atoms with Crippen molar-refractivity contribution in [2.24, 2.45) is 17.3 Å². The lowest BCUT2D eigenvalue weighted by molar-refractivity contribution is 0.132. The Labute approximate surface area is 131 Å². The molecule has 0 aliphatic heterocycles. The van der Waals surface area contributed by atoms with E-state index in [2.05, 4.69) is 63.3 Å². The molecule has 1 aliphatic carbocycles. The molecule has 1 saturated carbocycles. The Balaban J connectivity index is 1.94. The maximum atomic E-state index is 3.75. The van der Waals surface area contributed by atoms with Crippen LogP contribution in [0.2, 0.25) is 0 Å². The standard InChI is InChI=1S/C20H33N/c1-5-21-19(15-16-9-7-6-8-10-16)17-11-13-18(14-12-17)20(2,3)4/h6-10,17-19,21H,5,11-15H2,1-4H3. The fourth-order valence-electron chi connectivity index (χ4n) is 3.92. The average Bonchev–Trinajstić information content (AvgIpc) is 2.47. The summed E-state index contributed by atoms with van der Waals surface area (Å²) in [6, 6.07) is 11.6. The van der Waals surface area contributed by atoms with Crippen molar-refractivity contribution >= 4 is 0 Å². The smallest absolute Gasteiger partial charge is 0.0136 e. The molecule has 0 heterocycles. The average molecular weight is 287 g/mol. The predicted octanol–water partition coefficient (Wildman–Crippen LogP) is 5.06. The van der Waals surface area contributed by atoms with E-state index in [1.165, 1.54) is 37.7 Å². The predicted molar refractivity (Wildman–Crippen MR) is 92.5 cm³/mol. The van der Waals surface area contributed by atoms with E-state index in [-0.39, 0.29) is 0 Å². The summed E-state index contributed by atoms with van der Waals surface area (Å²) in [5.41, 5.74) is 1.96. The van der Waals surface area contributed by atoms with Crippen LogP contribution in [-0.4, -0.2) is 12.6 Å². The summed E-state index contributed by atoms with van der Waals surface area (Å²) in [6.45, 7) is 10.5. The van der Waals surface area contributed by atoms with E-state index in [0.29, 0.717) is 11.5 Å². The Morgan fingerprint density at radius 3 is 2.19 bits per heavy atom. The van der Waals surface area contributed by atoms with Gasteiger partial charge in [-0.2, -0.15) is 0 Å². The van der Waals surface area contributed by atoms with Gasteiger partial charge in [-0.3, -0.25) is 0 Å². The zero-order valence-corrected chi connectivity index (χ0v) is 14.4. The second-order valence-corrected chi connectivity index (χ2v) is 7.83. The van der Waals surface area contributed by atoms with Gasteiger partial charge in [0.25, 0.3) is 0 Å². The van der Waals surface area contributed by atoms with Gasteiger partial charge >= 0.3 is 0 Å². The number of likely N-dealkylation sites (N-methyl/N-ethyl adjacent to an activating group) is 1. The van der Waals surface area contributed by atoms with E-state index in [1.54, 1.807) is 0 Å². The minimum absolute atomic E-state index is 0.484. The molecule has 0 bridgehead atoms. The Hall–Kier alpha value is -0.820. The van der Waals surface area contributed by atoms with Gasteiger partial charge in [0.15, 0.2) is 0 Å². The molecule has 1 nitrogen and oxygen atoms in total. The molecule has 0 aromatic heterocycles. The van der Waals surface area contributed by atoms with E-state index in [1.807, 2.05) is 0 Å². The van der Waals surface area contributed by atoms with Crippen molar-refractivity contribution in [3.63, 3.8) is 0 Å². The Morgan fingerprint density at radius 2 is 1.67 bits per heavy atom. The second kappa shape index (κ2) is 7.45. The van der Waals surface area contributed by atoms with E-state index < -0.39 is 0 Å². The minimum Gasteiger partial charge on any atom is -0.314 e. The number of benzene rings is 1. The van der Waals surface area contributed by atoms with Crippen LogP contribution in [0.1, 0.15) is 58.9 Å². The van der Waals surface area contributed by atoms with Crippen molar-refractivity contribution in [2.45, 2.75) is 65.8 Å². The molecule has 0 amide bonds. The highest BCUT2D eigenvalue weighted by Crippen LogP contribution is 2.41. The van der Waals surface area contributed by atoms with Gasteiger partial charge in [0, 0.05) is 6.04 Å². The molecule has 2 rings (SSSR count). The van der Waals surface area contributed by atoms with Crippen molar-refractivity contribution in [2.75, 3.05) is 6.54 Å². The van der Waals surface area contributed by atoms with Gasteiger partial charge in [0.05, 0.1) is 0 Å². The molecule has 0 spiro atoms. The first-order chi connectivity index (χ1) is 10.0. The minimum atomic E-state index is 0.484. The quantitative estimate of drug-likeness (QED) is 0.798. The van der Waals surface area contributed by atoms with Crippen molar-refractivity contribution in [3.05, 3.63) is 35.9 Å². The lowest BCUT2D eigenvalue weighted by Crippen LogP contribution is -2.40. The highest BCUT2D eigenvalue weighted by molar-refractivity contribution is 5.16. The first kappa shape index (κ1) is 16.5. The summed E-state index contributed by atoms with van der Waals surface area (Å²) in [4.78, 5) is 0. The van der Waals surface area contributed by atoms with E-state index in [0.717, 1.165) is 18.4 Å². The second-order valence-electron chi connectivity index (χ2n) is 7.83. The van der Waals surface area contributed by atoms with Crippen LogP contribution in [0.15, 0.2) is 30.3 Å².